The minimum Gasteiger partial charge on any atom is -0.324 e. The number of carbonyl (C=O) groups is 1. The van der Waals surface area contributed by atoms with E-state index >= 15 is 0 Å². The van der Waals surface area contributed by atoms with Gasteiger partial charge in [-0.2, -0.15) is 4.31 Å². The van der Waals surface area contributed by atoms with Crippen molar-refractivity contribution in [3.63, 3.8) is 0 Å². The Balaban J connectivity index is 1.64. The predicted molar refractivity (Wildman–Crippen MR) is 118 cm³/mol. The Morgan fingerprint density at radius 2 is 1.68 bits per heavy atom. The third-order valence-corrected chi connectivity index (χ3v) is 7.90. The standard InChI is InChI=1S/C19H20Cl2N4O5S/c1-13(19(26)22-14-4-2-5-15(12-14)25(27)28)23-8-10-24(11-9-23)31(29,30)18-16(20)6-3-7-17(18)21/h2-7,12-13H,8-11H2,1H3,(H,22,26). The van der Waals surface area contributed by atoms with E-state index < -0.39 is 21.0 Å². The maximum atomic E-state index is 13.0. The molecule has 1 saturated heterocycles. The predicted octanol–water partition coefficient (Wildman–Crippen LogP) is 3.24. The van der Waals surface area contributed by atoms with Crippen LogP contribution in [-0.2, 0) is 14.8 Å². The first-order chi connectivity index (χ1) is 14.6. The first-order valence-electron chi connectivity index (χ1n) is 9.35. The van der Waals surface area contributed by atoms with Gasteiger partial charge in [0.05, 0.1) is 21.0 Å². The number of anilines is 1. The first kappa shape index (κ1) is 23.4. The van der Waals surface area contributed by atoms with E-state index in [-0.39, 0.29) is 39.6 Å². The van der Waals surface area contributed by atoms with Crippen LogP contribution in [0.5, 0.6) is 0 Å². The Hall–Kier alpha value is -2.24. The van der Waals surface area contributed by atoms with Crippen molar-refractivity contribution in [3.05, 3.63) is 62.6 Å². The fourth-order valence-electron chi connectivity index (χ4n) is 3.30. The topological polar surface area (TPSA) is 113 Å². The monoisotopic (exact) mass is 486 g/mol. The van der Waals surface area contributed by atoms with Gasteiger partial charge in [-0.05, 0) is 25.1 Å². The number of amides is 1. The van der Waals surface area contributed by atoms with Crippen LogP contribution >= 0.6 is 23.2 Å². The molecule has 1 N–H and O–H groups in total. The summed E-state index contributed by atoms with van der Waals surface area (Å²) in [6, 6.07) is 9.62. The molecule has 1 aliphatic heterocycles. The molecule has 1 atom stereocenters. The smallest absolute Gasteiger partial charge is 0.271 e. The number of halogens is 2. The van der Waals surface area contributed by atoms with Crippen molar-refractivity contribution in [2.45, 2.75) is 17.9 Å². The molecule has 9 nitrogen and oxygen atoms in total. The minimum absolute atomic E-state index is 0.0552. The van der Waals surface area contributed by atoms with E-state index in [1.807, 2.05) is 4.90 Å². The Labute approximate surface area is 189 Å². The number of carbonyl (C=O) groups excluding carboxylic acids is 1. The number of non-ortho nitro benzene ring substituents is 1. The Bertz CT molecular complexity index is 1080. The SMILES string of the molecule is CC(C(=O)Nc1cccc([N+](=O)[O-])c1)N1CCN(S(=O)(=O)c2c(Cl)cccc2Cl)CC1. The van der Waals surface area contributed by atoms with Crippen LogP contribution in [0.4, 0.5) is 11.4 Å². The first-order valence-corrected chi connectivity index (χ1v) is 11.5. The van der Waals surface area contributed by atoms with Crippen LogP contribution in [0, 0.1) is 10.1 Å². The Morgan fingerprint density at radius 3 is 2.26 bits per heavy atom. The summed E-state index contributed by atoms with van der Waals surface area (Å²) in [6.45, 7) is 2.67. The molecule has 166 valence electrons. The number of benzene rings is 2. The van der Waals surface area contributed by atoms with Crippen molar-refractivity contribution in [1.29, 1.82) is 0 Å². The molecular formula is C19H20Cl2N4O5S. The van der Waals surface area contributed by atoms with Gasteiger partial charge in [-0.25, -0.2) is 8.42 Å². The highest BCUT2D eigenvalue weighted by atomic mass is 35.5. The van der Waals surface area contributed by atoms with Crippen molar-refractivity contribution in [1.82, 2.24) is 9.21 Å². The molecule has 2 aromatic carbocycles. The fourth-order valence-corrected chi connectivity index (χ4v) is 5.81. The molecular weight excluding hydrogens is 467 g/mol. The molecule has 0 saturated carbocycles. The van der Waals surface area contributed by atoms with E-state index in [9.17, 15) is 23.3 Å². The molecule has 1 amide bonds. The lowest BCUT2D eigenvalue weighted by Gasteiger charge is -2.36. The molecule has 0 aromatic heterocycles. The summed E-state index contributed by atoms with van der Waals surface area (Å²) in [5.41, 5.74) is 0.197. The van der Waals surface area contributed by atoms with Gasteiger partial charge >= 0.3 is 0 Å². The number of nitro groups is 1. The number of nitrogens with zero attached hydrogens (tertiary/aromatic N) is 3. The van der Waals surface area contributed by atoms with Gasteiger partial charge in [0.25, 0.3) is 5.69 Å². The molecule has 1 unspecified atom stereocenters. The van der Waals surface area contributed by atoms with Crippen LogP contribution in [0.25, 0.3) is 0 Å². The zero-order valence-corrected chi connectivity index (χ0v) is 18.8. The number of hydrogen-bond donors (Lipinski definition) is 1. The summed E-state index contributed by atoms with van der Waals surface area (Å²) in [4.78, 5) is 24.7. The number of nitro benzene ring substituents is 1. The normalized spacial score (nSPS) is 16.6. The van der Waals surface area contributed by atoms with Crippen LogP contribution < -0.4 is 5.32 Å². The number of piperazine rings is 1. The van der Waals surface area contributed by atoms with Gasteiger partial charge < -0.3 is 5.32 Å². The van der Waals surface area contributed by atoms with Crippen molar-refractivity contribution >= 4 is 50.5 Å². The van der Waals surface area contributed by atoms with Crippen molar-refractivity contribution in [2.75, 3.05) is 31.5 Å². The van der Waals surface area contributed by atoms with E-state index in [0.717, 1.165) is 0 Å². The van der Waals surface area contributed by atoms with Gasteiger partial charge in [-0.15, -0.1) is 0 Å². The molecule has 2 aromatic rings. The van der Waals surface area contributed by atoms with Crippen LogP contribution in [0.15, 0.2) is 47.4 Å². The number of nitrogens with one attached hydrogen (secondary N) is 1. The van der Waals surface area contributed by atoms with Crippen LogP contribution in [-0.4, -0.2) is 60.7 Å². The lowest BCUT2D eigenvalue weighted by atomic mass is 10.2. The largest absolute Gasteiger partial charge is 0.324 e. The van der Waals surface area contributed by atoms with E-state index in [1.54, 1.807) is 19.1 Å². The molecule has 3 rings (SSSR count). The summed E-state index contributed by atoms with van der Waals surface area (Å²) in [5, 5.41) is 13.7. The third-order valence-electron chi connectivity index (χ3n) is 5.04. The van der Waals surface area contributed by atoms with Crippen molar-refractivity contribution < 1.29 is 18.1 Å². The number of sulfonamides is 1. The minimum atomic E-state index is -3.88. The maximum Gasteiger partial charge on any atom is 0.271 e. The average molecular weight is 487 g/mol. The van der Waals surface area contributed by atoms with Crippen LogP contribution in [0.1, 0.15) is 6.92 Å². The lowest BCUT2D eigenvalue weighted by Crippen LogP contribution is -2.54. The number of rotatable bonds is 6. The molecule has 0 bridgehead atoms. The zero-order valence-electron chi connectivity index (χ0n) is 16.5. The van der Waals surface area contributed by atoms with Crippen LogP contribution in [0.3, 0.4) is 0 Å². The molecule has 1 heterocycles. The van der Waals surface area contributed by atoms with Gasteiger partial charge in [-0.1, -0.05) is 35.3 Å². The zero-order chi connectivity index (χ0) is 22.8. The molecule has 0 aliphatic carbocycles. The van der Waals surface area contributed by atoms with Gasteiger partial charge in [0.15, 0.2) is 0 Å². The molecule has 0 radical (unpaired) electrons. The summed E-state index contributed by atoms with van der Waals surface area (Å²) >= 11 is 12.1. The third kappa shape index (κ3) is 5.16. The summed E-state index contributed by atoms with van der Waals surface area (Å²) < 4.78 is 27.2. The number of hydrogen-bond acceptors (Lipinski definition) is 6. The quantitative estimate of drug-likeness (QED) is 0.495. The second-order valence-corrected chi connectivity index (χ2v) is 9.65. The maximum absolute atomic E-state index is 13.0. The Morgan fingerprint density at radius 1 is 1.10 bits per heavy atom. The highest BCUT2D eigenvalue weighted by molar-refractivity contribution is 7.89. The van der Waals surface area contributed by atoms with Crippen LogP contribution in [0.2, 0.25) is 10.0 Å². The highest BCUT2D eigenvalue weighted by Gasteiger charge is 2.34. The molecule has 12 heteroatoms. The van der Waals surface area contributed by atoms with Gasteiger partial charge in [-0.3, -0.25) is 19.8 Å². The molecule has 31 heavy (non-hydrogen) atoms. The summed E-state index contributed by atoms with van der Waals surface area (Å²) in [5.74, 6) is -0.342. The second kappa shape index (κ2) is 9.49. The van der Waals surface area contributed by atoms with Gasteiger partial charge in [0.2, 0.25) is 15.9 Å². The van der Waals surface area contributed by atoms with E-state index in [0.29, 0.717) is 18.8 Å². The van der Waals surface area contributed by atoms with E-state index in [2.05, 4.69) is 5.32 Å². The summed E-state index contributed by atoms with van der Waals surface area (Å²) in [6.07, 6.45) is 0. The molecule has 1 aliphatic rings. The second-order valence-electron chi connectivity index (χ2n) is 6.96. The van der Waals surface area contributed by atoms with Gasteiger partial charge in [0.1, 0.15) is 4.90 Å². The fraction of sp³-hybridized carbons (Fsp3) is 0.316. The van der Waals surface area contributed by atoms with Gasteiger partial charge in [0, 0.05) is 44.0 Å². The lowest BCUT2D eigenvalue weighted by molar-refractivity contribution is -0.384. The Kier molecular flexibility index (Phi) is 7.17. The van der Waals surface area contributed by atoms with Crippen molar-refractivity contribution in [3.8, 4) is 0 Å². The average Bonchev–Trinajstić information content (AvgIpc) is 2.73. The summed E-state index contributed by atoms with van der Waals surface area (Å²) in [7, 11) is -3.88. The molecule has 1 fully saturated rings. The van der Waals surface area contributed by atoms with E-state index in [1.165, 1.54) is 34.6 Å². The highest BCUT2D eigenvalue weighted by Crippen LogP contribution is 2.32. The molecule has 0 spiro atoms. The van der Waals surface area contributed by atoms with Crippen molar-refractivity contribution in [2.24, 2.45) is 0 Å². The van der Waals surface area contributed by atoms with E-state index in [4.69, 9.17) is 23.2 Å².